The van der Waals surface area contributed by atoms with E-state index < -0.39 is 5.60 Å². The molecular weight excluding hydrogens is 200 g/mol. The second kappa shape index (κ2) is 5.48. The SMILES string of the molecule is CN1CCC(O)(CNC2CCCCC2)CC1. The van der Waals surface area contributed by atoms with Gasteiger partial charge in [0.1, 0.15) is 0 Å². The first-order valence-electron chi connectivity index (χ1n) is 6.82. The third kappa shape index (κ3) is 3.44. The number of rotatable bonds is 3. The first-order valence-corrected chi connectivity index (χ1v) is 6.82. The lowest BCUT2D eigenvalue weighted by Gasteiger charge is -2.38. The van der Waals surface area contributed by atoms with Gasteiger partial charge in [-0.1, -0.05) is 19.3 Å². The topological polar surface area (TPSA) is 35.5 Å². The number of nitrogens with one attached hydrogen (secondary N) is 1. The fourth-order valence-electron chi connectivity index (χ4n) is 2.85. The van der Waals surface area contributed by atoms with E-state index >= 15 is 0 Å². The van der Waals surface area contributed by atoms with Crippen LogP contribution < -0.4 is 5.32 Å². The summed E-state index contributed by atoms with van der Waals surface area (Å²) in [4.78, 5) is 2.30. The Morgan fingerprint density at radius 2 is 1.81 bits per heavy atom. The van der Waals surface area contributed by atoms with Gasteiger partial charge in [-0.3, -0.25) is 0 Å². The molecule has 1 saturated heterocycles. The van der Waals surface area contributed by atoms with Crippen LogP contribution in [-0.2, 0) is 0 Å². The molecule has 0 unspecified atom stereocenters. The van der Waals surface area contributed by atoms with Crippen LogP contribution in [0.3, 0.4) is 0 Å². The minimum atomic E-state index is -0.441. The van der Waals surface area contributed by atoms with E-state index in [2.05, 4.69) is 17.3 Å². The lowest BCUT2D eigenvalue weighted by molar-refractivity contribution is -0.0169. The number of nitrogens with zero attached hydrogens (tertiary/aromatic N) is 1. The number of hydrogen-bond acceptors (Lipinski definition) is 3. The molecule has 0 aromatic carbocycles. The predicted molar refractivity (Wildman–Crippen MR) is 66.6 cm³/mol. The summed E-state index contributed by atoms with van der Waals surface area (Å²) in [5.74, 6) is 0. The molecule has 0 spiro atoms. The molecule has 0 aromatic rings. The summed E-state index contributed by atoms with van der Waals surface area (Å²) >= 11 is 0. The summed E-state index contributed by atoms with van der Waals surface area (Å²) in [6, 6.07) is 0.664. The van der Waals surface area contributed by atoms with Crippen LogP contribution in [0.5, 0.6) is 0 Å². The molecule has 2 fully saturated rings. The van der Waals surface area contributed by atoms with Gasteiger partial charge in [0.05, 0.1) is 5.60 Å². The molecule has 1 aliphatic heterocycles. The van der Waals surface area contributed by atoms with Crippen molar-refractivity contribution in [3.63, 3.8) is 0 Å². The minimum absolute atomic E-state index is 0.441. The number of likely N-dealkylation sites (tertiary alicyclic amines) is 1. The third-order valence-electron chi connectivity index (χ3n) is 4.24. The Kier molecular flexibility index (Phi) is 4.22. The Morgan fingerprint density at radius 1 is 1.19 bits per heavy atom. The van der Waals surface area contributed by atoms with Gasteiger partial charge in [-0.25, -0.2) is 0 Å². The highest BCUT2D eigenvalue weighted by molar-refractivity contribution is 4.88. The molecule has 1 saturated carbocycles. The molecule has 2 N–H and O–H groups in total. The van der Waals surface area contributed by atoms with Crippen molar-refractivity contribution in [2.75, 3.05) is 26.7 Å². The molecule has 0 bridgehead atoms. The summed E-state index contributed by atoms with van der Waals surface area (Å²) in [6.45, 7) is 2.86. The van der Waals surface area contributed by atoms with Crippen molar-refractivity contribution in [2.24, 2.45) is 0 Å². The Balaban J connectivity index is 1.71. The molecule has 94 valence electrons. The van der Waals surface area contributed by atoms with Crippen LogP contribution in [-0.4, -0.2) is 48.3 Å². The second-order valence-corrected chi connectivity index (χ2v) is 5.74. The lowest BCUT2D eigenvalue weighted by Crippen LogP contribution is -2.51. The average Bonchev–Trinajstić information content (AvgIpc) is 2.33. The highest BCUT2D eigenvalue weighted by Gasteiger charge is 2.31. The molecule has 16 heavy (non-hydrogen) atoms. The Morgan fingerprint density at radius 3 is 2.44 bits per heavy atom. The van der Waals surface area contributed by atoms with E-state index in [0.717, 1.165) is 32.5 Å². The Hall–Kier alpha value is -0.120. The highest BCUT2D eigenvalue weighted by Crippen LogP contribution is 2.22. The van der Waals surface area contributed by atoms with Crippen LogP contribution in [0.25, 0.3) is 0 Å². The Labute approximate surface area is 99.2 Å². The van der Waals surface area contributed by atoms with Crippen molar-refractivity contribution >= 4 is 0 Å². The van der Waals surface area contributed by atoms with Crippen LogP contribution in [0, 0.1) is 0 Å². The van der Waals surface area contributed by atoms with Crippen molar-refractivity contribution in [1.29, 1.82) is 0 Å². The van der Waals surface area contributed by atoms with Crippen LogP contribution in [0.1, 0.15) is 44.9 Å². The zero-order chi connectivity index (χ0) is 11.4. The van der Waals surface area contributed by atoms with E-state index in [-0.39, 0.29) is 0 Å². The molecule has 2 aliphatic rings. The van der Waals surface area contributed by atoms with Gasteiger partial charge in [-0.05, 0) is 32.7 Å². The summed E-state index contributed by atoms with van der Waals surface area (Å²) in [6.07, 6.45) is 8.56. The van der Waals surface area contributed by atoms with Gasteiger partial charge in [-0.2, -0.15) is 0 Å². The number of piperidine rings is 1. The molecule has 0 aromatic heterocycles. The van der Waals surface area contributed by atoms with Crippen LogP contribution >= 0.6 is 0 Å². The summed E-state index contributed by atoms with van der Waals surface area (Å²) in [7, 11) is 2.13. The quantitative estimate of drug-likeness (QED) is 0.763. The van der Waals surface area contributed by atoms with Crippen molar-refractivity contribution in [2.45, 2.75) is 56.6 Å². The lowest BCUT2D eigenvalue weighted by atomic mass is 9.90. The van der Waals surface area contributed by atoms with Gasteiger partial charge in [0.15, 0.2) is 0 Å². The fourth-order valence-corrected chi connectivity index (χ4v) is 2.85. The molecule has 0 amide bonds. The van der Waals surface area contributed by atoms with E-state index in [4.69, 9.17) is 0 Å². The van der Waals surface area contributed by atoms with E-state index in [9.17, 15) is 5.11 Å². The summed E-state index contributed by atoms with van der Waals surface area (Å²) in [5.41, 5.74) is -0.441. The minimum Gasteiger partial charge on any atom is -0.388 e. The zero-order valence-electron chi connectivity index (χ0n) is 10.5. The Bertz CT molecular complexity index is 206. The number of aliphatic hydroxyl groups is 1. The van der Waals surface area contributed by atoms with Crippen LogP contribution in [0.2, 0.25) is 0 Å². The van der Waals surface area contributed by atoms with Gasteiger partial charge in [0.25, 0.3) is 0 Å². The van der Waals surface area contributed by atoms with Gasteiger partial charge in [0, 0.05) is 25.7 Å². The maximum absolute atomic E-state index is 10.4. The molecule has 3 heteroatoms. The zero-order valence-corrected chi connectivity index (χ0v) is 10.5. The van der Waals surface area contributed by atoms with Gasteiger partial charge >= 0.3 is 0 Å². The van der Waals surface area contributed by atoms with Gasteiger partial charge < -0.3 is 15.3 Å². The monoisotopic (exact) mass is 226 g/mol. The third-order valence-corrected chi connectivity index (χ3v) is 4.24. The summed E-state index contributed by atoms with van der Waals surface area (Å²) in [5, 5.41) is 14.0. The van der Waals surface area contributed by atoms with E-state index in [0.29, 0.717) is 6.04 Å². The predicted octanol–water partition coefficient (Wildman–Crippen LogP) is 1.37. The number of hydrogen-bond donors (Lipinski definition) is 2. The molecule has 1 aliphatic carbocycles. The van der Waals surface area contributed by atoms with E-state index in [1.807, 2.05) is 0 Å². The first-order chi connectivity index (χ1) is 7.68. The van der Waals surface area contributed by atoms with Gasteiger partial charge in [0.2, 0.25) is 0 Å². The van der Waals surface area contributed by atoms with Crippen molar-refractivity contribution in [3.8, 4) is 0 Å². The molecule has 1 heterocycles. The molecule has 2 rings (SSSR count). The molecule has 0 radical (unpaired) electrons. The maximum Gasteiger partial charge on any atom is 0.0796 e. The van der Waals surface area contributed by atoms with Crippen molar-refractivity contribution in [1.82, 2.24) is 10.2 Å². The largest absolute Gasteiger partial charge is 0.388 e. The average molecular weight is 226 g/mol. The van der Waals surface area contributed by atoms with Gasteiger partial charge in [-0.15, -0.1) is 0 Å². The van der Waals surface area contributed by atoms with E-state index in [1.54, 1.807) is 0 Å². The van der Waals surface area contributed by atoms with E-state index in [1.165, 1.54) is 32.1 Å². The smallest absolute Gasteiger partial charge is 0.0796 e. The molecule has 0 atom stereocenters. The fraction of sp³-hybridized carbons (Fsp3) is 1.00. The van der Waals surface area contributed by atoms with Crippen LogP contribution in [0.15, 0.2) is 0 Å². The normalized spacial score (nSPS) is 28.1. The second-order valence-electron chi connectivity index (χ2n) is 5.74. The summed E-state index contributed by atoms with van der Waals surface area (Å²) < 4.78 is 0. The molecular formula is C13H26N2O. The first kappa shape index (κ1) is 12.3. The molecule has 3 nitrogen and oxygen atoms in total. The standard InChI is InChI=1S/C13H26N2O/c1-15-9-7-13(16,8-10-15)11-14-12-5-3-2-4-6-12/h12,14,16H,2-11H2,1H3. The van der Waals surface area contributed by atoms with Crippen molar-refractivity contribution in [3.05, 3.63) is 0 Å². The highest BCUT2D eigenvalue weighted by atomic mass is 16.3. The van der Waals surface area contributed by atoms with Crippen molar-refractivity contribution < 1.29 is 5.11 Å². The maximum atomic E-state index is 10.4. The van der Waals surface area contributed by atoms with Crippen LogP contribution in [0.4, 0.5) is 0 Å².